The Morgan fingerprint density at radius 1 is 1.17 bits per heavy atom. The van der Waals surface area contributed by atoms with Gasteiger partial charge in [-0.1, -0.05) is 0 Å². The van der Waals surface area contributed by atoms with Gasteiger partial charge in [-0.25, -0.2) is 8.42 Å². The van der Waals surface area contributed by atoms with E-state index < -0.39 is 32.0 Å². The topological polar surface area (TPSA) is 161 Å². The number of amides is 1. The van der Waals surface area contributed by atoms with Crippen LogP contribution in [0.2, 0.25) is 0 Å². The minimum Gasteiger partial charge on any atom is -0.387 e. The molecule has 4 atom stereocenters. The average Bonchev–Trinajstić information content (AvgIpc) is 3.65. The van der Waals surface area contributed by atoms with E-state index >= 15 is 0 Å². The molecule has 0 bridgehead atoms. The predicted molar refractivity (Wildman–Crippen MR) is 130 cm³/mol. The molecule has 2 aliphatic rings. The van der Waals surface area contributed by atoms with Crippen LogP contribution in [0.25, 0.3) is 0 Å². The average molecular weight is 529 g/mol. The quantitative estimate of drug-likeness (QED) is 0.155. The van der Waals surface area contributed by atoms with Gasteiger partial charge in [0.1, 0.15) is 5.84 Å². The molecule has 0 aliphatic heterocycles. The number of sulfone groups is 1. The van der Waals surface area contributed by atoms with E-state index in [1.165, 1.54) is 25.3 Å². The molecule has 1 aromatic carbocycles. The highest BCUT2D eigenvalue weighted by Crippen LogP contribution is 2.34. The number of benzene rings is 1. The summed E-state index contributed by atoms with van der Waals surface area (Å²) in [6, 6.07) is 4.24. The molecule has 0 radical (unpaired) electrons. The van der Waals surface area contributed by atoms with E-state index in [2.05, 4.69) is 22.9 Å². The zero-order valence-corrected chi connectivity index (χ0v) is 20.5. The van der Waals surface area contributed by atoms with Gasteiger partial charge >= 0.3 is 5.51 Å². The van der Waals surface area contributed by atoms with E-state index in [0.717, 1.165) is 49.4 Å². The highest BCUT2D eigenvalue weighted by molar-refractivity contribution is 7.92. The molecule has 1 unspecified atom stereocenters. The number of hydrogen-bond donors (Lipinski definition) is 6. The molecule has 0 saturated heterocycles. The molecule has 36 heavy (non-hydrogen) atoms. The van der Waals surface area contributed by atoms with Crippen molar-refractivity contribution in [3.8, 4) is 0 Å². The standard InChI is InChI=1S/C23H31F3N6O3S/c1-13(14-2-3-14)31-17-6-9-20(15(10-17)11-27)30-12-19(22(29)33)21(28)32-16-4-7-18(8-5-16)36(34,35)23(24,25)26/h4-5,7-8,11-15,17,20,27,30-31H,2-3,6,9-10H2,1H3,(H2,28,32)(H2,29,33)/b19-12+,27-11?/t13?,15-,17-,20+/m1/s1. The summed E-state index contributed by atoms with van der Waals surface area (Å²) in [5.41, 5.74) is -0.104. The molecule has 3 rings (SSSR count). The van der Waals surface area contributed by atoms with Gasteiger partial charge in [-0.2, -0.15) is 13.2 Å². The van der Waals surface area contributed by atoms with Gasteiger partial charge in [-0.05, 0) is 69.2 Å². The van der Waals surface area contributed by atoms with E-state index in [1.54, 1.807) is 0 Å². The van der Waals surface area contributed by atoms with Gasteiger partial charge < -0.3 is 27.1 Å². The van der Waals surface area contributed by atoms with Crippen LogP contribution in [-0.4, -0.2) is 50.0 Å². The van der Waals surface area contributed by atoms with Gasteiger partial charge in [0.25, 0.3) is 15.7 Å². The summed E-state index contributed by atoms with van der Waals surface area (Å²) >= 11 is 0. The summed E-state index contributed by atoms with van der Waals surface area (Å²) in [6.07, 6.45) is 7.58. The number of nitrogens with two attached hydrogens (primary N) is 1. The van der Waals surface area contributed by atoms with Crippen molar-refractivity contribution in [3.05, 3.63) is 36.0 Å². The largest absolute Gasteiger partial charge is 0.501 e. The Bertz CT molecular complexity index is 1120. The number of carbonyl (C=O) groups is 1. The van der Waals surface area contributed by atoms with Crippen LogP contribution in [0.1, 0.15) is 39.0 Å². The van der Waals surface area contributed by atoms with E-state index in [9.17, 15) is 26.4 Å². The SMILES string of the molecule is CC(N[C@@H]1CC[C@H](N/C=C(\C(=N)Nc2ccc(S(=O)(=O)C(F)(F)F)cc2)C(N)=O)[C@@H](C=N)C1)C1CC1. The van der Waals surface area contributed by atoms with Crippen LogP contribution in [0.5, 0.6) is 0 Å². The lowest BCUT2D eigenvalue weighted by molar-refractivity contribution is -0.114. The molecule has 0 aromatic heterocycles. The molecule has 7 N–H and O–H groups in total. The van der Waals surface area contributed by atoms with Crippen molar-refractivity contribution in [2.45, 2.75) is 67.6 Å². The number of hydrogen-bond acceptors (Lipinski definition) is 7. The van der Waals surface area contributed by atoms with Gasteiger partial charge in [0.15, 0.2) is 0 Å². The van der Waals surface area contributed by atoms with Crippen LogP contribution >= 0.6 is 0 Å². The maximum atomic E-state index is 12.7. The van der Waals surface area contributed by atoms with Crippen molar-refractivity contribution in [1.29, 1.82) is 10.8 Å². The number of primary amides is 1. The van der Waals surface area contributed by atoms with Gasteiger partial charge in [-0.15, -0.1) is 0 Å². The number of nitrogens with one attached hydrogen (secondary N) is 5. The molecule has 0 spiro atoms. The predicted octanol–water partition coefficient (Wildman–Crippen LogP) is 2.90. The van der Waals surface area contributed by atoms with Gasteiger partial charge in [0.05, 0.1) is 10.5 Å². The molecule has 2 saturated carbocycles. The second kappa shape index (κ2) is 11.0. The Morgan fingerprint density at radius 2 is 1.81 bits per heavy atom. The van der Waals surface area contributed by atoms with E-state index in [0.29, 0.717) is 12.1 Å². The first-order chi connectivity index (χ1) is 16.8. The fourth-order valence-electron chi connectivity index (χ4n) is 4.37. The highest BCUT2D eigenvalue weighted by atomic mass is 32.2. The van der Waals surface area contributed by atoms with Crippen LogP contribution in [0.3, 0.4) is 0 Å². The number of amidine groups is 1. The number of anilines is 1. The Hall–Kier alpha value is -2.93. The lowest BCUT2D eigenvalue weighted by atomic mass is 9.82. The number of halogens is 3. The van der Waals surface area contributed by atoms with Gasteiger partial charge in [0.2, 0.25) is 0 Å². The zero-order valence-electron chi connectivity index (χ0n) is 19.7. The molecular formula is C23H31F3N6O3S. The summed E-state index contributed by atoms with van der Waals surface area (Å²) < 4.78 is 61.1. The maximum Gasteiger partial charge on any atom is 0.501 e. The van der Waals surface area contributed by atoms with Crippen LogP contribution < -0.4 is 21.7 Å². The Labute approximate surface area is 208 Å². The van der Waals surface area contributed by atoms with E-state index in [-0.39, 0.29) is 23.2 Å². The van der Waals surface area contributed by atoms with Crippen LogP contribution in [-0.2, 0) is 14.6 Å². The summed E-state index contributed by atoms with van der Waals surface area (Å²) in [5.74, 6) is -0.680. The van der Waals surface area contributed by atoms with Crippen molar-refractivity contribution in [3.63, 3.8) is 0 Å². The van der Waals surface area contributed by atoms with Crippen molar-refractivity contribution in [1.82, 2.24) is 10.6 Å². The monoisotopic (exact) mass is 528 g/mol. The lowest BCUT2D eigenvalue weighted by Crippen LogP contribution is -2.48. The third-order valence-electron chi connectivity index (χ3n) is 6.66. The summed E-state index contributed by atoms with van der Waals surface area (Å²) in [6.45, 7) is 2.19. The second-order valence-electron chi connectivity index (χ2n) is 9.30. The number of alkyl halides is 3. The zero-order chi connectivity index (χ0) is 26.7. The first kappa shape index (κ1) is 27.7. The van der Waals surface area contributed by atoms with Gasteiger partial charge in [-0.3, -0.25) is 10.2 Å². The Kier molecular flexibility index (Phi) is 8.44. The first-order valence-corrected chi connectivity index (χ1v) is 13.1. The van der Waals surface area contributed by atoms with Crippen molar-refractivity contribution >= 4 is 33.5 Å². The number of carbonyl (C=O) groups excluding carboxylic acids is 1. The minimum atomic E-state index is -5.49. The fourth-order valence-corrected chi connectivity index (χ4v) is 5.13. The minimum absolute atomic E-state index is 0.0849. The molecule has 1 amide bonds. The number of rotatable bonds is 10. The molecule has 2 fully saturated rings. The summed E-state index contributed by atoms with van der Waals surface area (Å²) in [5, 5.41) is 25.3. The smallest absolute Gasteiger partial charge is 0.387 e. The molecule has 9 nitrogen and oxygen atoms in total. The van der Waals surface area contributed by atoms with Crippen LogP contribution in [0.4, 0.5) is 18.9 Å². The summed E-state index contributed by atoms with van der Waals surface area (Å²) in [4.78, 5) is 11.0. The highest BCUT2D eigenvalue weighted by Gasteiger charge is 2.46. The molecule has 198 valence electrons. The van der Waals surface area contributed by atoms with Crippen LogP contribution in [0, 0.1) is 22.7 Å². The van der Waals surface area contributed by atoms with Gasteiger partial charge in [0, 0.05) is 42.1 Å². The molecular weight excluding hydrogens is 497 g/mol. The van der Waals surface area contributed by atoms with Crippen molar-refractivity contribution < 1.29 is 26.4 Å². The fraction of sp³-hybridized carbons (Fsp3) is 0.522. The van der Waals surface area contributed by atoms with Crippen LogP contribution in [0.15, 0.2) is 40.9 Å². The van der Waals surface area contributed by atoms with Crippen molar-refractivity contribution in [2.75, 3.05) is 5.32 Å². The normalized spacial score (nSPS) is 24.0. The third kappa shape index (κ3) is 6.64. The van der Waals surface area contributed by atoms with Crippen molar-refractivity contribution in [2.24, 2.45) is 17.6 Å². The molecule has 2 aliphatic carbocycles. The Morgan fingerprint density at radius 3 is 2.33 bits per heavy atom. The molecule has 1 aromatic rings. The Balaban J connectivity index is 1.63. The van der Waals surface area contributed by atoms with E-state index in [1.807, 2.05) is 0 Å². The first-order valence-electron chi connectivity index (χ1n) is 11.6. The summed E-state index contributed by atoms with van der Waals surface area (Å²) in [7, 11) is -5.49. The molecule has 0 heterocycles. The molecule has 13 heteroatoms. The second-order valence-corrected chi connectivity index (χ2v) is 11.2. The third-order valence-corrected chi connectivity index (χ3v) is 8.16. The van der Waals surface area contributed by atoms with E-state index in [4.69, 9.17) is 16.6 Å². The maximum absolute atomic E-state index is 12.7. The lowest BCUT2D eigenvalue weighted by Gasteiger charge is -2.36.